The van der Waals surface area contributed by atoms with E-state index < -0.39 is 0 Å². The second kappa shape index (κ2) is 7.11. The van der Waals surface area contributed by atoms with Gasteiger partial charge in [0.2, 0.25) is 0 Å². The van der Waals surface area contributed by atoms with Crippen LogP contribution < -0.4 is 15.8 Å². The second-order valence-corrected chi connectivity index (χ2v) is 4.92. The molecule has 0 unspecified atom stereocenters. The molecule has 0 bridgehead atoms. The van der Waals surface area contributed by atoms with Crippen molar-refractivity contribution in [3.8, 4) is 17.6 Å². The zero-order valence-electron chi connectivity index (χ0n) is 12.3. The topological polar surface area (TPSA) is 73.6 Å². The standard InChI is InChI=1S/C16H20N2O3/c1-20-14-9-13(10-14)18-16(19)12-5-6-15(21-2)11(8-12)4-3-7-17/h5-6,8,13-14H,7,9-10,17H2,1-2H3,(H,18,19). The molecule has 5 nitrogen and oxygen atoms in total. The van der Waals surface area contributed by atoms with Gasteiger partial charge in [0.1, 0.15) is 5.75 Å². The number of ether oxygens (including phenoxy) is 2. The Morgan fingerprint density at radius 3 is 2.81 bits per heavy atom. The van der Waals surface area contributed by atoms with E-state index in [1.807, 2.05) is 0 Å². The van der Waals surface area contributed by atoms with Crippen LogP contribution in [0.2, 0.25) is 0 Å². The smallest absolute Gasteiger partial charge is 0.251 e. The average molecular weight is 288 g/mol. The highest BCUT2D eigenvalue weighted by atomic mass is 16.5. The quantitative estimate of drug-likeness (QED) is 0.808. The van der Waals surface area contributed by atoms with Gasteiger partial charge in [-0.15, -0.1) is 0 Å². The van der Waals surface area contributed by atoms with Crippen LogP contribution in [0.15, 0.2) is 18.2 Å². The number of hydrogen-bond acceptors (Lipinski definition) is 4. The maximum absolute atomic E-state index is 12.2. The Labute approximate surface area is 124 Å². The zero-order chi connectivity index (χ0) is 15.2. The van der Waals surface area contributed by atoms with E-state index in [1.54, 1.807) is 32.4 Å². The lowest BCUT2D eigenvalue weighted by Crippen LogP contribution is -2.47. The third-order valence-electron chi connectivity index (χ3n) is 3.55. The van der Waals surface area contributed by atoms with Crippen molar-refractivity contribution in [3.05, 3.63) is 29.3 Å². The highest BCUT2D eigenvalue weighted by Gasteiger charge is 2.30. The monoisotopic (exact) mass is 288 g/mol. The molecule has 112 valence electrons. The van der Waals surface area contributed by atoms with Crippen LogP contribution in [0.5, 0.6) is 5.75 Å². The Bertz CT molecular complexity index is 569. The molecule has 1 aliphatic rings. The van der Waals surface area contributed by atoms with Crippen molar-refractivity contribution in [2.45, 2.75) is 25.0 Å². The maximum atomic E-state index is 12.2. The molecule has 21 heavy (non-hydrogen) atoms. The summed E-state index contributed by atoms with van der Waals surface area (Å²) in [5.74, 6) is 6.22. The van der Waals surface area contributed by atoms with Gasteiger partial charge in [-0.05, 0) is 31.0 Å². The molecule has 0 aromatic heterocycles. The SMILES string of the molecule is COc1ccc(C(=O)NC2CC(OC)C2)cc1C#CCN. The van der Waals surface area contributed by atoms with Crippen molar-refractivity contribution in [2.75, 3.05) is 20.8 Å². The first-order valence-corrected chi connectivity index (χ1v) is 6.88. The van der Waals surface area contributed by atoms with Crippen LogP contribution in [0.3, 0.4) is 0 Å². The summed E-state index contributed by atoms with van der Waals surface area (Å²) < 4.78 is 10.4. The predicted octanol–water partition coefficient (Wildman–Crippen LogP) is 0.913. The van der Waals surface area contributed by atoms with Gasteiger partial charge in [-0.1, -0.05) is 11.8 Å². The summed E-state index contributed by atoms with van der Waals surface area (Å²) >= 11 is 0. The number of nitrogens with one attached hydrogen (secondary N) is 1. The van der Waals surface area contributed by atoms with Crippen LogP contribution in [0, 0.1) is 11.8 Å². The minimum absolute atomic E-state index is 0.104. The van der Waals surface area contributed by atoms with Crippen LogP contribution in [-0.2, 0) is 4.74 Å². The van der Waals surface area contributed by atoms with Crippen molar-refractivity contribution in [1.29, 1.82) is 0 Å². The molecular formula is C16H20N2O3. The van der Waals surface area contributed by atoms with E-state index in [4.69, 9.17) is 15.2 Å². The number of carbonyl (C=O) groups excluding carboxylic acids is 1. The fraction of sp³-hybridized carbons (Fsp3) is 0.438. The number of hydrogen-bond donors (Lipinski definition) is 2. The van der Waals surface area contributed by atoms with Gasteiger partial charge in [-0.25, -0.2) is 0 Å². The molecule has 1 amide bonds. The summed E-state index contributed by atoms with van der Waals surface area (Å²) in [6.45, 7) is 0.264. The van der Waals surface area contributed by atoms with E-state index in [0.29, 0.717) is 16.9 Å². The van der Waals surface area contributed by atoms with Crippen LogP contribution in [0.4, 0.5) is 0 Å². The summed E-state index contributed by atoms with van der Waals surface area (Å²) in [7, 11) is 3.26. The van der Waals surface area contributed by atoms with Crippen molar-refractivity contribution in [3.63, 3.8) is 0 Å². The molecule has 1 aromatic carbocycles. The Kier molecular flexibility index (Phi) is 5.20. The normalized spacial score (nSPS) is 20.0. The van der Waals surface area contributed by atoms with E-state index in [2.05, 4.69) is 17.2 Å². The Morgan fingerprint density at radius 1 is 1.43 bits per heavy atom. The van der Waals surface area contributed by atoms with Crippen LogP contribution in [-0.4, -0.2) is 38.8 Å². The first-order valence-electron chi connectivity index (χ1n) is 6.88. The fourth-order valence-corrected chi connectivity index (χ4v) is 2.24. The van der Waals surface area contributed by atoms with Crippen molar-refractivity contribution in [2.24, 2.45) is 5.73 Å². The molecule has 1 saturated carbocycles. The molecule has 0 saturated heterocycles. The van der Waals surface area contributed by atoms with Gasteiger partial charge in [-0.3, -0.25) is 4.79 Å². The molecule has 1 aliphatic carbocycles. The van der Waals surface area contributed by atoms with E-state index in [0.717, 1.165) is 12.8 Å². The molecule has 0 heterocycles. The van der Waals surface area contributed by atoms with E-state index in [1.165, 1.54) is 0 Å². The molecule has 0 atom stereocenters. The van der Waals surface area contributed by atoms with Crippen molar-refractivity contribution in [1.82, 2.24) is 5.32 Å². The molecule has 3 N–H and O–H groups in total. The van der Waals surface area contributed by atoms with Gasteiger partial charge in [0.15, 0.2) is 0 Å². The first-order chi connectivity index (χ1) is 10.2. The van der Waals surface area contributed by atoms with E-state index in [9.17, 15) is 4.79 Å². The number of benzene rings is 1. The van der Waals surface area contributed by atoms with Gasteiger partial charge in [0, 0.05) is 18.7 Å². The van der Waals surface area contributed by atoms with Gasteiger partial charge >= 0.3 is 0 Å². The molecule has 5 heteroatoms. The maximum Gasteiger partial charge on any atom is 0.251 e. The minimum Gasteiger partial charge on any atom is -0.495 e. The van der Waals surface area contributed by atoms with Gasteiger partial charge in [0.05, 0.1) is 25.3 Å². The van der Waals surface area contributed by atoms with E-state index in [-0.39, 0.29) is 24.6 Å². The van der Waals surface area contributed by atoms with Crippen LogP contribution >= 0.6 is 0 Å². The molecule has 0 aliphatic heterocycles. The lowest BCUT2D eigenvalue weighted by atomic mass is 9.89. The lowest BCUT2D eigenvalue weighted by molar-refractivity contribution is 0.0176. The predicted molar refractivity (Wildman–Crippen MR) is 80.2 cm³/mol. The van der Waals surface area contributed by atoms with Gasteiger partial charge in [-0.2, -0.15) is 0 Å². The fourth-order valence-electron chi connectivity index (χ4n) is 2.24. The number of nitrogens with two attached hydrogens (primary N) is 1. The highest BCUT2D eigenvalue weighted by molar-refractivity contribution is 5.95. The Morgan fingerprint density at radius 2 is 2.19 bits per heavy atom. The summed E-state index contributed by atoms with van der Waals surface area (Å²) in [5, 5.41) is 2.99. The van der Waals surface area contributed by atoms with Crippen molar-refractivity contribution < 1.29 is 14.3 Å². The number of amides is 1. The molecule has 2 rings (SSSR count). The first kappa shape index (κ1) is 15.4. The Balaban J connectivity index is 2.07. The van der Waals surface area contributed by atoms with Crippen LogP contribution in [0.1, 0.15) is 28.8 Å². The van der Waals surface area contributed by atoms with Crippen molar-refractivity contribution >= 4 is 5.91 Å². The number of carbonyl (C=O) groups is 1. The van der Waals surface area contributed by atoms with Gasteiger partial charge < -0.3 is 20.5 Å². The number of rotatable bonds is 4. The summed E-state index contributed by atoms with van der Waals surface area (Å²) in [6, 6.07) is 5.38. The minimum atomic E-state index is -0.104. The second-order valence-electron chi connectivity index (χ2n) is 4.92. The molecule has 0 spiro atoms. The highest BCUT2D eigenvalue weighted by Crippen LogP contribution is 2.23. The average Bonchev–Trinajstić information content (AvgIpc) is 2.47. The summed E-state index contributed by atoms with van der Waals surface area (Å²) in [4.78, 5) is 12.2. The number of methoxy groups -OCH3 is 2. The van der Waals surface area contributed by atoms with Gasteiger partial charge in [0.25, 0.3) is 5.91 Å². The van der Waals surface area contributed by atoms with Crippen LogP contribution in [0.25, 0.3) is 0 Å². The largest absolute Gasteiger partial charge is 0.495 e. The third kappa shape index (κ3) is 3.75. The molecule has 0 radical (unpaired) electrons. The lowest BCUT2D eigenvalue weighted by Gasteiger charge is -2.34. The molecular weight excluding hydrogens is 268 g/mol. The molecule has 1 aromatic rings. The zero-order valence-corrected chi connectivity index (χ0v) is 12.3. The van der Waals surface area contributed by atoms with E-state index >= 15 is 0 Å². The third-order valence-corrected chi connectivity index (χ3v) is 3.55. The summed E-state index contributed by atoms with van der Waals surface area (Å²) in [6.07, 6.45) is 1.98. The summed E-state index contributed by atoms with van der Waals surface area (Å²) in [5.41, 5.74) is 6.61. The Hall–Kier alpha value is -2.03. The molecule has 1 fully saturated rings.